The van der Waals surface area contributed by atoms with E-state index in [2.05, 4.69) is 32.0 Å². The molecule has 8 heteroatoms. The van der Waals surface area contributed by atoms with Crippen LogP contribution in [0.3, 0.4) is 0 Å². The van der Waals surface area contributed by atoms with Gasteiger partial charge in [0.05, 0.1) is 25.3 Å². The number of benzene rings is 4. The van der Waals surface area contributed by atoms with Gasteiger partial charge in [0.25, 0.3) is 0 Å². The molecule has 0 atom stereocenters. The molecule has 1 amide bonds. The number of aryl methyl sites for hydroxylation is 1. The fourth-order valence-corrected chi connectivity index (χ4v) is 6.39. The molecule has 4 aromatic rings. The maximum atomic E-state index is 12.1. The maximum absolute atomic E-state index is 12.1. The predicted molar refractivity (Wildman–Crippen MR) is 195 cm³/mol. The Labute approximate surface area is 294 Å². The summed E-state index contributed by atoms with van der Waals surface area (Å²) in [6.45, 7) is 8.67. The summed E-state index contributed by atoms with van der Waals surface area (Å²) in [5.74, 6) is -0.452. The van der Waals surface area contributed by atoms with Gasteiger partial charge < -0.3 is 14.4 Å². The van der Waals surface area contributed by atoms with Crippen molar-refractivity contribution in [2.75, 3.05) is 25.7 Å². The van der Waals surface area contributed by atoms with Crippen molar-refractivity contribution < 1.29 is 28.7 Å². The van der Waals surface area contributed by atoms with Crippen LogP contribution in [0.25, 0.3) is 22.3 Å². The number of rotatable bonds is 6. The van der Waals surface area contributed by atoms with Gasteiger partial charge in [0.2, 0.25) is 11.1 Å². The van der Waals surface area contributed by atoms with E-state index in [1.54, 1.807) is 19.1 Å². The monoisotopic (exact) mass is 681 g/mol. The van der Waals surface area contributed by atoms with Crippen molar-refractivity contribution in [2.45, 2.75) is 66.2 Å². The fraction of sp³-hybridized carbons (Fsp3) is 0.317. The minimum Gasteiger partial charge on any atom is -0.465 e. The Morgan fingerprint density at radius 2 is 1.14 bits per heavy atom. The number of hydrogen-bond donors (Lipinski definition) is 0. The van der Waals surface area contributed by atoms with E-state index >= 15 is 0 Å². The molecule has 7 nitrogen and oxygen atoms in total. The molecule has 0 N–H and O–H groups in total. The van der Waals surface area contributed by atoms with E-state index in [9.17, 15) is 19.2 Å². The molecule has 1 heterocycles. The molecule has 0 unspecified atom stereocenters. The third-order valence-electron chi connectivity index (χ3n) is 9.13. The lowest BCUT2D eigenvalue weighted by Crippen LogP contribution is -2.27. The molecule has 0 saturated carbocycles. The summed E-state index contributed by atoms with van der Waals surface area (Å²) in [4.78, 5) is 46.5. The molecule has 0 saturated heterocycles. The predicted octanol–water partition coefficient (Wildman–Crippen LogP) is 8.85. The first-order valence-corrected chi connectivity index (χ1v) is 17.0. The lowest BCUT2D eigenvalue weighted by atomic mass is 9.93. The largest absolute Gasteiger partial charge is 0.465 e. The maximum Gasteiger partial charge on any atom is 0.337 e. The first-order valence-electron chi connectivity index (χ1n) is 16.6. The van der Waals surface area contributed by atoms with Gasteiger partial charge in [-0.3, -0.25) is 9.59 Å². The van der Waals surface area contributed by atoms with Crippen molar-refractivity contribution in [1.29, 1.82) is 0 Å². The Balaban J connectivity index is 0.000000197. The van der Waals surface area contributed by atoms with Crippen molar-refractivity contribution in [2.24, 2.45) is 0 Å². The van der Waals surface area contributed by atoms with E-state index in [1.165, 1.54) is 66.9 Å². The SMILES string of the molecule is CCC(=O)Cl.CCC(=O)N1CCc2c1ccc(-c1ccc(C(=O)OC)cc1)c2C.COC(=O)c1ccc(-c2ccc3c(c2C)CCC3)cc1. The Bertz CT molecular complexity index is 1830. The third-order valence-corrected chi connectivity index (χ3v) is 9.40. The number of hydrogen-bond acceptors (Lipinski definition) is 6. The van der Waals surface area contributed by atoms with Crippen LogP contribution in [0.2, 0.25) is 0 Å². The van der Waals surface area contributed by atoms with Gasteiger partial charge in [-0.25, -0.2) is 9.59 Å². The highest BCUT2D eigenvalue weighted by Gasteiger charge is 2.26. The van der Waals surface area contributed by atoms with E-state index in [-0.39, 0.29) is 23.1 Å². The zero-order chi connectivity index (χ0) is 35.7. The molecule has 1 aliphatic carbocycles. The number of anilines is 1. The van der Waals surface area contributed by atoms with Gasteiger partial charge in [-0.05, 0) is 132 Å². The van der Waals surface area contributed by atoms with Crippen LogP contribution < -0.4 is 4.90 Å². The lowest BCUT2D eigenvalue weighted by molar-refractivity contribution is -0.118. The summed E-state index contributed by atoms with van der Waals surface area (Å²) in [7, 11) is 2.78. The zero-order valence-corrected chi connectivity index (χ0v) is 29.9. The quantitative estimate of drug-likeness (QED) is 0.149. The molecule has 49 heavy (non-hydrogen) atoms. The minimum atomic E-state index is -0.332. The van der Waals surface area contributed by atoms with Crippen molar-refractivity contribution in [3.63, 3.8) is 0 Å². The Morgan fingerprint density at radius 1 is 0.653 bits per heavy atom. The first kappa shape index (κ1) is 37.1. The summed E-state index contributed by atoms with van der Waals surface area (Å²) in [6, 6.07) is 23.6. The van der Waals surface area contributed by atoms with E-state index in [4.69, 9.17) is 21.1 Å². The van der Waals surface area contributed by atoms with E-state index in [0.29, 0.717) is 24.0 Å². The van der Waals surface area contributed by atoms with Crippen LogP contribution >= 0.6 is 11.6 Å². The number of amides is 1. The van der Waals surface area contributed by atoms with Crippen molar-refractivity contribution in [1.82, 2.24) is 0 Å². The van der Waals surface area contributed by atoms with Crippen LogP contribution in [0.15, 0.2) is 72.8 Å². The van der Waals surface area contributed by atoms with E-state index in [1.807, 2.05) is 54.3 Å². The number of esters is 2. The Morgan fingerprint density at radius 3 is 1.61 bits per heavy atom. The molecule has 4 aromatic carbocycles. The minimum absolute atomic E-state index is 0.170. The second kappa shape index (κ2) is 17.1. The lowest BCUT2D eigenvalue weighted by Gasteiger charge is -2.18. The smallest absolute Gasteiger partial charge is 0.337 e. The molecular formula is C41H44ClNO6. The topological polar surface area (TPSA) is 90.0 Å². The standard InChI is InChI=1S/C20H21NO3.C18H18O2.C3H5ClO/c1-4-19(22)21-12-11-17-13(2)16(9-10-18(17)21)14-5-7-15(8-6-14)20(23)24-3;1-12-16-5-3-4-13(16)10-11-17(12)14-6-8-15(9-7-14)18(19)20-2;1-2-3(4)5/h5-10H,4,11-12H2,1-3H3;6-11H,3-5H2,1-2H3;2H2,1H3. The zero-order valence-electron chi connectivity index (χ0n) is 29.2. The van der Waals surface area contributed by atoms with Gasteiger partial charge in [-0.1, -0.05) is 56.3 Å². The molecule has 0 bridgehead atoms. The fourth-order valence-electron chi connectivity index (χ4n) is 6.39. The second-order valence-corrected chi connectivity index (χ2v) is 12.4. The number of fused-ring (bicyclic) bond motifs is 2. The van der Waals surface area contributed by atoms with Gasteiger partial charge in [-0.2, -0.15) is 0 Å². The highest BCUT2D eigenvalue weighted by Crippen LogP contribution is 2.37. The normalized spacial score (nSPS) is 12.4. The van der Waals surface area contributed by atoms with Crippen LogP contribution in [0.4, 0.5) is 5.69 Å². The van der Waals surface area contributed by atoms with Gasteiger partial charge in [0.15, 0.2) is 0 Å². The average Bonchev–Trinajstić information content (AvgIpc) is 3.80. The molecule has 6 rings (SSSR count). The van der Waals surface area contributed by atoms with Crippen LogP contribution in [-0.4, -0.2) is 43.9 Å². The van der Waals surface area contributed by atoms with Crippen molar-refractivity contribution >= 4 is 40.4 Å². The molecule has 1 aliphatic heterocycles. The third kappa shape index (κ3) is 8.65. The number of carbonyl (C=O) groups is 4. The highest BCUT2D eigenvalue weighted by atomic mass is 35.5. The Hall–Kier alpha value is -4.75. The van der Waals surface area contributed by atoms with Gasteiger partial charge in [-0.15, -0.1) is 0 Å². The number of methoxy groups -OCH3 is 2. The second-order valence-electron chi connectivity index (χ2n) is 12.0. The molecule has 0 fully saturated rings. The summed E-state index contributed by atoms with van der Waals surface area (Å²) < 4.78 is 9.46. The van der Waals surface area contributed by atoms with E-state index < -0.39 is 0 Å². The number of nitrogens with zero attached hydrogens (tertiary/aromatic N) is 1. The van der Waals surface area contributed by atoms with Crippen LogP contribution in [0, 0.1) is 13.8 Å². The number of ether oxygens (including phenoxy) is 2. The number of carbonyl (C=O) groups excluding carboxylic acids is 4. The van der Waals surface area contributed by atoms with Crippen molar-refractivity contribution in [3.05, 3.63) is 112 Å². The molecule has 0 spiro atoms. The van der Waals surface area contributed by atoms with Crippen LogP contribution in [-0.2, 0) is 38.3 Å². The molecule has 0 aromatic heterocycles. The van der Waals surface area contributed by atoms with Gasteiger partial charge >= 0.3 is 11.9 Å². The summed E-state index contributed by atoms with van der Waals surface area (Å²) in [5, 5.41) is -0.273. The molecular weight excluding hydrogens is 638 g/mol. The Kier molecular flexibility index (Phi) is 12.9. The van der Waals surface area contributed by atoms with Crippen LogP contribution in [0.5, 0.6) is 0 Å². The molecule has 2 aliphatic rings. The summed E-state index contributed by atoms with van der Waals surface area (Å²) in [6.07, 6.45) is 5.51. The van der Waals surface area contributed by atoms with Gasteiger partial charge in [0, 0.05) is 25.1 Å². The van der Waals surface area contributed by atoms with E-state index in [0.717, 1.165) is 35.3 Å². The first-order chi connectivity index (χ1) is 23.5. The van der Waals surface area contributed by atoms with Crippen molar-refractivity contribution in [3.8, 4) is 22.3 Å². The summed E-state index contributed by atoms with van der Waals surface area (Å²) in [5.41, 5.74) is 13.6. The van der Waals surface area contributed by atoms with Crippen LogP contribution in [0.1, 0.15) is 81.6 Å². The van der Waals surface area contributed by atoms with Gasteiger partial charge in [0.1, 0.15) is 0 Å². The molecule has 256 valence electrons. The average molecular weight is 682 g/mol. The highest BCUT2D eigenvalue weighted by molar-refractivity contribution is 6.63. The molecule has 0 radical (unpaired) electrons. The number of halogens is 1. The summed E-state index contributed by atoms with van der Waals surface area (Å²) >= 11 is 4.82.